The van der Waals surface area contributed by atoms with Crippen molar-refractivity contribution >= 4 is 5.91 Å². The summed E-state index contributed by atoms with van der Waals surface area (Å²) in [6.45, 7) is 6.33. The maximum atomic E-state index is 12.4. The molecule has 1 aromatic rings. The predicted octanol–water partition coefficient (Wildman–Crippen LogP) is 2.89. The molecule has 0 radical (unpaired) electrons. The molecule has 0 aromatic heterocycles. The fourth-order valence-electron chi connectivity index (χ4n) is 3.95. The van der Waals surface area contributed by atoms with Crippen LogP contribution < -0.4 is 0 Å². The predicted molar refractivity (Wildman–Crippen MR) is 88.8 cm³/mol. The highest BCUT2D eigenvalue weighted by molar-refractivity contribution is 5.79. The smallest absolute Gasteiger partial charge is 0.223 e. The Morgan fingerprint density at radius 3 is 2.61 bits per heavy atom. The summed E-state index contributed by atoms with van der Waals surface area (Å²) in [5.74, 6) is 0.204. The second kappa shape index (κ2) is 5.91. The summed E-state index contributed by atoms with van der Waals surface area (Å²) >= 11 is 0. The number of aliphatic hydroxyl groups is 1. The number of likely N-dealkylation sites (tertiary alicyclic amines) is 1. The second-order valence-electron chi connectivity index (χ2n) is 7.67. The van der Waals surface area contributed by atoms with Gasteiger partial charge in [0.05, 0.1) is 23.3 Å². The summed E-state index contributed by atoms with van der Waals surface area (Å²) in [4.78, 5) is 14.4. The van der Waals surface area contributed by atoms with Crippen LogP contribution in [0.1, 0.15) is 52.0 Å². The molecular weight excluding hydrogens is 290 g/mol. The van der Waals surface area contributed by atoms with E-state index in [1.165, 1.54) is 0 Å². The zero-order valence-electron chi connectivity index (χ0n) is 14.3. The van der Waals surface area contributed by atoms with Crippen LogP contribution in [-0.2, 0) is 16.1 Å². The van der Waals surface area contributed by atoms with E-state index in [0.717, 1.165) is 24.8 Å². The third-order valence-corrected chi connectivity index (χ3v) is 5.33. The molecule has 23 heavy (non-hydrogen) atoms. The quantitative estimate of drug-likeness (QED) is 0.929. The molecule has 0 spiro atoms. The van der Waals surface area contributed by atoms with Gasteiger partial charge in [0.25, 0.3) is 0 Å². The van der Waals surface area contributed by atoms with Crippen molar-refractivity contribution in [1.82, 2.24) is 4.90 Å². The van der Waals surface area contributed by atoms with Crippen LogP contribution >= 0.6 is 0 Å². The Morgan fingerprint density at radius 1 is 1.30 bits per heavy atom. The minimum absolute atomic E-state index is 0.0857. The minimum Gasteiger partial charge on any atom is -0.388 e. The molecule has 2 saturated heterocycles. The van der Waals surface area contributed by atoms with Gasteiger partial charge in [-0.05, 0) is 45.6 Å². The standard InChI is InChI=1S/C19H27NO3/c1-18(2,22)16-11-12-19(3,23-16)15-9-10-17(21)20(15)13-14-7-5-4-6-8-14/h4-8,15-16,22H,9-13H2,1-3H3/t15-,16-,19+/m1/s1. The van der Waals surface area contributed by atoms with Crippen molar-refractivity contribution in [2.75, 3.05) is 0 Å². The van der Waals surface area contributed by atoms with Crippen LogP contribution in [0.2, 0.25) is 0 Å². The normalized spacial score (nSPS) is 31.8. The molecule has 3 rings (SSSR count). The number of ether oxygens (including phenoxy) is 1. The highest BCUT2D eigenvalue weighted by Gasteiger charge is 2.51. The first-order valence-corrected chi connectivity index (χ1v) is 8.53. The Labute approximate surface area is 138 Å². The largest absolute Gasteiger partial charge is 0.388 e. The molecule has 3 atom stereocenters. The summed E-state index contributed by atoms with van der Waals surface area (Å²) in [7, 11) is 0. The van der Waals surface area contributed by atoms with Gasteiger partial charge in [-0.2, -0.15) is 0 Å². The molecule has 2 aliphatic heterocycles. The zero-order valence-corrected chi connectivity index (χ0v) is 14.3. The molecule has 1 amide bonds. The molecule has 0 unspecified atom stereocenters. The third-order valence-electron chi connectivity index (χ3n) is 5.33. The summed E-state index contributed by atoms with van der Waals surface area (Å²) in [5, 5.41) is 10.2. The fraction of sp³-hybridized carbons (Fsp3) is 0.632. The number of rotatable bonds is 4. The maximum Gasteiger partial charge on any atom is 0.223 e. The van der Waals surface area contributed by atoms with Gasteiger partial charge in [0.2, 0.25) is 5.91 Å². The maximum absolute atomic E-state index is 12.4. The van der Waals surface area contributed by atoms with Gasteiger partial charge < -0.3 is 14.7 Å². The van der Waals surface area contributed by atoms with Gasteiger partial charge in [0.15, 0.2) is 0 Å². The van der Waals surface area contributed by atoms with Gasteiger partial charge in [-0.15, -0.1) is 0 Å². The lowest BCUT2D eigenvalue weighted by Gasteiger charge is -2.39. The number of hydrogen-bond acceptors (Lipinski definition) is 3. The van der Waals surface area contributed by atoms with Crippen LogP contribution in [0.3, 0.4) is 0 Å². The first-order valence-electron chi connectivity index (χ1n) is 8.53. The van der Waals surface area contributed by atoms with E-state index in [9.17, 15) is 9.90 Å². The van der Waals surface area contributed by atoms with Crippen molar-refractivity contribution in [2.45, 2.75) is 76.3 Å². The molecule has 126 valence electrons. The number of hydrogen-bond donors (Lipinski definition) is 1. The Bertz CT molecular complexity index is 566. The van der Waals surface area contributed by atoms with Gasteiger partial charge in [-0.1, -0.05) is 30.3 Å². The lowest BCUT2D eigenvalue weighted by molar-refractivity contribution is -0.148. The van der Waals surface area contributed by atoms with Gasteiger partial charge >= 0.3 is 0 Å². The lowest BCUT2D eigenvalue weighted by atomic mass is 9.90. The number of nitrogens with zero attached hydrogens (tertiary/aromatic N) is 1. The molecular formula is C19H27NO3. The monoisotopic (exact) mass is 317 g/mol. The van der Waals surface area contributed by atoms with E-state index >= 15 is 0 Å². The van der Waals surface area contributed by atoms with Crippen LogP contribution in [0.25, 0.3) is 0 Å². The topological polar surface area (TPSA) is 49.8 Å². The molecule has 1 aromatic carbocycles. The van der Waals surface area contributed by atoms with Crippen LogP contribution in [0.4, 0.5) is 0 Å². The molecule has 4 heteroatoms. The van der Waals surface area contributed by atoms with E-state index in [1.807, 2.05) is 23.1 Å². The van der Waals surface area contributed by atoms with Crippen molar-refractivity contribution < 1.29 is 14.6 Å². The molecule has 0 saturated carbocycles. The Kier molecular flexibility index (Phi) is 4.23. The summed E-state index contributed by atoms with van der Waals surface area (Å²) in [6.07, 6.45) is 2.97. The molecule has 2 heterocycles. The van der Waals surface area contributed by atoms with Crippen molar-refractivity contribution in [3.8, 4) is 0 Å². The van der Waals surface area contributed by atoms with Crippen LogP contribution in [0.15, 0.2) is 30.3 Å². The first kappa shape index (κ1) is 16.5. The third kappa shape index (κ3) is 3.29. The number of carbonyl (C=O) groups is 1. The van der Waals surface area contributed by atoms with Crippen molar-refractivity contribution in [3.63, 3.8) is 0 Å². The number of amides is 1. The van der Waals surface area contributed by atoms with Crippen LogP contribution in [0, 0.1) is 0 Å². The molecule has 0 bridgehead atoms. The fourth-order valence-corrected chi connectivity index (χ4v) is 3.95. The van der Waals surface area contributed by atoms with Gasteiger partial charge in [0.1, 0.15) is 0 Å². The average molecular weight is 317 g/mol. The highest BCUT2D eigenvalue weighted by Crippen LogP contribution is 2.42. The number of carbonyl (C=O) groups excluding carboxylic acids is 1. The lowest BCUT2D eigenvalue weighted by Crippen LogP contribution is -2.50. The van der Waals surface area contributed by atoms with Crippen LogP contribution in [-0.4, -0.2) is 39.3 Å². The average Bonchev–Trinajstić information content (AvgIpc) is 3.05. The van der Waals surface area contributed by atoms with E-state index in [4.69, 9.17) is 4.74 Å². The van der Waals surface area contributed by atoms with Crippen molar-refractivity contribution in [2.24, 2.45) is 0 Å². The van der Waals surface area contributed by atoms with Gasteiger partial charge in [-0.25, -0.2) is 0 Å². The van der Waals surface area contributed by atoms with E-state index in [-0.39, 0.29) is 23.7 Å². The summed E-state index contributed by atoms with van der Waals surface area (Å²) < 4.78 is 6.27. The van der Waals surface area contributed by atoms with Crippen molar-refractivity contribution in [1.29, 1.82) is 0 Å². The SMILES string of the molecule is CC(C)(O)[C@H]1CC[C@@](C)([C@H]2CCC(=O)N2Cc2ccccc2)O1. The Hall–Kier alpha value is -1.39. The molecule has 2 fully saturated rings. The Morgan fingerprint density at radius 2 is 2.00 bits per heavy atom. The van der Waals surface area contributed by atoms with Crippen molar-refractivity contribution in [3.05, 3.63) is 35.9 Å². The number of benzene rings is 1. The molecule has 0 aliphatic carbocycles. The van der Waals surface area contributed by atoms with E-state index in [0.29, 0.717) is 13.0 Å². The summed E-state index contributed by atoms with van der Waals surface area (Å²) in [6, 6.07) is 10.2. The highest BCUT2D eigenvalue weighted by atomic mass is 16.5. The van der Waals surface area contributed by atoms with E-state index in [2.05, 4.69) is 19.1 Å². The van der Waals surface area contributed by atoms with Gasteiger partial charge in [-0.3, -0.25) is 4.79 Å². The van der Waals surface area contributed by atoms with Gasteiger partial charge in [0, 0.05) is 13.0 Å². The zero-order chi connectivity index (χ0) is 16.7. The van der Waals surface area contributed by atoms with E-state index < -0.39 is 5.60 Å². The molecule has 1 N–H and O–H groups in total. The molecule has 2 aliphatic rings. The first-order chi connectivity index (χ1) is 10.8. The van der Waals surface area contributed by atoms with E-state index in [1.54, 1.807) is 13.8 Å². The minimum atomic E-state index is -0.843. The molecule has 4 nitrogen and oxygen atoms in total. The second-order valence-corrected chi connectivity index (χ2v) is 7.67. The van der Waals surface area contributed by atoms with Crippen LogP contribution in [0.5, 0.6) is 0 Å². The Balaban J connectivity index is 1.77. The summed E-state index contributed by atoms with van der Waals surface area (Å²) in [5.41, 5.74) is -0.0654.